The highest BCUT2D eigenvalue weighted by Gasteiger charge is 2.12. The maximum atomic E-state index is 5.63. The summed E-state index contributed by atoms with van der Waals surface area (Å²) in [6.07, 6.45) is 2.05. The summed E-state index contributed by atoms with van der Waals surface area (Å²) < 4.78 is 7.60. The zero-order chi connectivity index (χ0) is 15.2. The summed E-state index contributed by atoms with van der Waals surface area (Å²) in [4.78, 5) is 0. The van der Waals surface area contributed by atoms with Crippen molar-refractivity contribution in [2.24, 2.45) is 5.92 Å². The van der Waals surface area contributed by atoms with Gasteiger partial charge in [-0.2, -0.15) is 5.10 Å². The maximum Gasteiger partial charge on any atom is 0.0663 e. The van der Waals surface area contributed by atoms with Gasteiger partial charge in [-0.3, -0.25) is 4.68 Å². The molecule has 0 radical (unpaired) electrons. The molecule has 0 aromatic carbocycles. The van der Waals surface area contributed by atoms with Crippen LogP contribution in [0.5, 0.6) is 0 Å². The van der Waals surface area contributed by atoms with E-state index in [0.717, 1.165) is 19.7 Å². The topological polar surface area (TPSA) is 39.1 Å². The predicted molar refractivity (Wildman–Crippen MR) is 84.1 cm³/mol. The second-order valence-corrected chi connectivity index (χ2v) is 6.83. The van der Waals surface area contributed by atoms with E-state index in [1.807, 2.05) is 10.9 Å². The Morgan fingerprint density at radius 2 is 1.95 bits per heavy atom. The molecule has 1 rings (SSSR count). The third-order valence-electron chi connectivity index (χ3n) is 3.49. The molecule has 0 unspecified atom stereocenters. The average molecular weight is 281 g/mol. The highest BCUT2D eigenvalue weighted by molar-refractivity contribution is 5.05. The molecule has 0 saturated carbocycles. The van der Waals surface area contributed by atoms with Crippen LogP contribution in [0.4, 0.5) is 0 Å². The van der Waals surface area contributed by atoms with Crippen molar-refractivity contribution in [3.05, 3.63) is 18.0 Å². The van der Waals surface area contributed by atoms with Gasteiger partial charge in [0.05, 0.1) is 25.5 Å². The molecule has 1 N–H and O–H groups in total. The van der Waals surface area contributed by atoms with E-state index in [4.69, 9.17) is 4.74 Å². The molecule has 0 amide bonds. The standard InChI is InChI=1S/C16H31N3O/c1-13(2)14(3)15-7-9-19(18-15)10-12-20-11-8-17-16(4,5)6/h7,9,13-14,17H,8,10-12H2,1-6H3/t14-/m0/s1. The Bertz CT molecular complexity index is 379. The lowest BCUT2D eigenvalue weighted by Crippen LogP contribution is -2.38. The summed E-state index contributed by atoms with van der Waals surface area (Å²) in [5.41, 5.74) is 1.34. The molecular formula is C16H31N3O. The van der Waals surface area contributed by atoms with Crippen LogP contribution >= 0.6 is 0 Å². The van der Waals surface area contributed by atoms with Crippen LogP contribution in [-0.2, 0) is 11.3 Å². The number of aromatic nitrogens is 2. The Morgan fingerprint density at radius 3 is 2.55 bits per heavy atom. The van der Waals surface area contributed by atoms with Crippen LogP contribution in [0.15, 0.2) is 12.3 Å². The van der Waals surface area contributed by atoms with Crippen molar-refractivity contribution in [1.82, 2.24) is 15.1 Å². The van der Waals surface area contributed by atoms with Crippen LogP contribution in [-0.4, -0.2) is 35.1 Å². The van der Waals surface area contributed by atoms with Gasteiger partial charge in [0.1, 0.15) is 0 Å². The van der Waals surface area contributed by atoms with E-state index < -0.39 is 0 Å². The molecule has 116 valence electrons. The van der Waals surface area contributed by atoms with Gasteiger partial charge in [0, 0.05) is 24.2 Å². The first-order valence-electron chi connectivity index (χ1n) is 7.66. The molecule has 0 bridgehead atoms. The number of hydrogen-bond acceptors (Lipinski definition) is 3. The van der Waals surface area contributed by atoms with Gasteiger partial charge in [0.15, 0.2) is 0 Å². The summed E-state index contributed by atoms with van der Waals surface area (Å²) in [6, 6.07) is 2.12. The molecule has 0 aliphatic heterocycles. The quantitative estimate of drug-likeness (QED) is 0.744. The number of nitrogens with zero attached hydrogens (tertiary/aromatic N) is 2. The van der Waals surface area contributed by atoms with E-state index in [1.54, 1.807) is 0 Å². The van der Waals surface area contributed by atoms with Crippen molar-refractivity contribution >= 4 is 0 Å². The SMILES string of the molecule is CC(C)[C@H](C)c1ccn(CCOCCNC(C)(C)C)n1. The lowest BCUT2D eigenvalue weighted by atomic mass is 9.95. The van der Waals surface area contributed by atoms with Gasteiger partial charge in [-0.25, -0.2) is 0 Å². The Morgan fingerprint density at radius 1 is 1.25 bits per heavy atom. The Hall–Kier alpha value is -0.870. The van der Waals surface area contributed by atoms with E-state index in [1.165, 1.54) is 5.69 Å². The van der Waals surface area contributed by atoms with Crippen molar-refractivity contribution in [3.63, 3.8) is 0 Å². The van der Waals surface area contributed by atoms with Crippen molar-refractivity contribution < 1.29 is 4.74 Å². The molecule has 0 aliphatic rings. The summed E-state index contributed by atoms with van der Waals surface area (Å²) >= 11 is 0. The molecule has 0 aliphatic carbocycles. The second kappa shape index (κ2) is 7.79. The van der Waals surface area contributed by atoms with Crippen molar-refractivity contribution in [2.75, 3.05) is 19.8 Å². The van der Waals surface area contributed by atoms with Crippen molar-refractivity contribution in [2.45, 2.75) is 59.5 Å². The fourth-order valence-electron chi connectivity index (χ4n) is 1.84. The zero-order valence-corrected chi connectivity index (χ0v) is 13.9. The predicted octanol–water partition coefficient (Wildman–Crippen LogP) is 3.05. The second-order valence-electron chi connectivity index (χ2n) is 6.83. The van der Waals surface area contributed by atoms with Gasteiger partial charge in [0.25, 0.3) is 0 Å². The number of ether oxygens (including phenoxy) is 1. The summed E-state index contributed by atoms with van der Waals surface area (Å²) in [7, 11) is 0. The van der Waals surface area contributed by atoms with Crippen LogP contribution < -0.4 is 5.32 Å². The highest BCUT2D eigenvalue weighted by Crippen LogP contribution is 2.21. The minimum absolute atomic E-state index is 0.160. The average Bonchev–Trinajstić information content (AvgIpc) is 2.79. The summed E-state index contributed by atoms with van der Waals surface area (Å²) in [5, 5.41) is 8.01. The minimum atomic E-state index is 0.160. The van der Waals surface area contributed by atoms with Crippen molar-refractivity contribution in [3.8, 4) is 0 Å². The lowest BCUT2D eigenvalue weighted by Gasteiger charge is -2.20. The largest absolute Gasteiger partial charge is 0.378 e. The third-order valence-corrected chi connectivity index (χ3v) is 3.49. The molecule has 1 heterocycles. The van der Waals surface area contributed by atoms with E-state index in [9.17, 15) is 0 Å². The number of nitrogens with one attached hydrogen (secondary N) is 1. The third kappa shape index (κ3) is 6.53. The van der Waals surface area contributed by atoms with Crippen LogP contribution in [0, 0.1) is 5.92 Å². The van der Waals surface area contributed by atoms with E-state index in [0.29, 0.717) is 18.4 Å². The van der Waals surface area contributed by atoms with Gasteiger partial charge in [-0.1, -0.05) is 20.8 Å². The van der Waals surface area contributed by atoms with Crippen LogP contribution in [0.1, 0.15) is 53.2 Å². The van der Waals surface area contributed by atoms with Gasteiger partial charge < -0.3 is 10.1 Å². The fourth-order valence-corrected chi connectivity index (χ4v) is 1.84. The first-order valence-corrected chi connectivity index (χ1v) is 7.66. The Balaban J connectivity index is 2.20. The smallest absolute Gasteiger partial charge is 0.0663 e. The highest BCUT2D eigenvalue weighted by atomic mass is 16.5. The fraction of sp³-hybridized carbons (Fsp3) is 0.812. The molecule has 0 spiro atoms. The van der Waals surface area contributed by atoms with Crippen molar-refractivity contribution in [1.29, 1.82) is 0 Å². The first kappa shape index (κ1) is 17.2. The molecule has 1 aromatic heterocycles. The molecule has 1 aromatic rings. The molecular weight excluding hydrogens is 250 g/mol. The summed E-state index contributed by atoms with van der Waals surface area (Å²) in [6.45, 7) is 16.3. The molecule has 1 atom stereocenters. The van der Waals surface area contributed by atoms with E-state index >= 15 is 0 Å². The van der Waals surface area contributed by atoms with E-state index in [2.05, 4.69) is 58.0 Å². The molecule has 0 fully saturated rings. The normalized spacial score (nSPS) is 13.9. The first-order chi connectivity index (χ1) is 9.29. The van der Waals surface area contributed by atoms with Gasteiger partial charge in [-0.15, -0.1) is 0 Å². The zero-order valence-electron chi connectivity index (χ0n) is 13.9. The van der Waals surface area contributed by atoms with Gasteiger partial charge in [0.2, 0.25) is 0 Å². The Kier molecular flexibility index (Phi) is 6.69. The molecule has 20 heavy (non-hydrogen) atoms. The summed E-state index contributed by atoms with van der Waals surface area (Å²) in [5.74, 6) is 1.13. The monoisotopic (exact) mass is 281 g/mol. The lowest BCUT2D eigenvalue weighted by molar-refractivity contribution is 0.121. The number of hydrogen-bond donors (Lipinski definition) is 1. The molecule has 4 heteroatoms. The minimum Gasteiger partial charge on any atom is -0.378 e. The van der Waals surface area contributed by atoms with Gasteiger partial charge >= 0.3 is 0 Å². The van der Waals surface area contributed by atoms with Gasteiger partial charge in [-0.05, 0) is 32.8 Å². The Labute approximate surface area is 123 Å². The maximum absolute atomic E-state index is 5.63. The molecule has 0 saturated heterocycles. The van der Waals surface area contributed by atoms with Crippen LogP contribution in [0.25, 0.3) is 0 Å². The van der Waals surface area contributed by atoms with E-state index in [-0.39, 0.29) is 5.54 Å². The number of rotatable bonds is 8. The van der Waals surface area contributed by atoms with Crippen LogP contribution in [0.3, 0.4) is 0 Å². The van der Waals surface area contributed by atoms with Crippen LogP contribution in [0.2, 0.25) is 0 Å². The molecule has 4 nitrogen and oxygen atoms in total.